The van der Waals surface area contributed by atoms with E-state index in [1.54, 1.807) is 26.4 Å². The van der Waals surface area contributed by atoms with Crippen molar-refractivity contribution >= 4 is 23.6 Å². The molecule has 0 saturated heterocycles. The number of amides is 2. The molecule has 0 atom stereocenters. The smallest absolute Gasteiger partial charge is 0.251 e. The minimum atomic E-state index is -0.459. The summed E-state index contributed by atoms with van der Waals surface area (Å²) >= 11 is 0. The van der Waals surface area contributed by atoms with Gasteiger partial charge in [-0.1, -0.05) is 24.3 Å². The number of rotatable bonds is 8. The molecule has 0 radical (unpaired) electrons. The van der Waals surface area contributed by atoms with Gasteiger partial charge in [-0.05, 0) is 36.8 Å². The molecule has 2 aromatic carbocycles. The van der Waals surface area contributed by atoms with E-state index in [4.69, 9.17) is 15.2 Å². The predicted octanol–water partition coefficient (Wildman–Crippen LogP) is 2.93. The molecule has 2 N–H and O–H groups in total. The number of benzene rings is 2. The lowest BCUT2D eigenvalue weighted by Crippen LogP contribution is -2.32. The van der Waals surface area contributed by atoms with Crippen molar-refractivity contribution in [3.8, 4) is 11.5 Å². The van der Waals surface area contributed by atoms with Crippen LogP contribution in [0.5, 0.6) is 11.5 Å². The fourth-order valence-corrected chi connectivity index (χ4v) is 2.68. The lowest BCUT2D eigenvalue weighted by Gasteiger charge is -2.21. The summed E-state index contributed by atoms with van der Waals surface area (Å²) in [7, 11) is 3.10. The molecule has 0 heterocycles. The van der Waals surface area contributed by atoms with E-state index in [0.717, 1.165) is 5.56 Å². The van der Waals surface area contributed by atoms with Crippen LogP contribution in [-0.2, 0) is 9.59 Å². The van der Waals surface area contributed by atoms with E-state index >= 15 is 0 Å². The molecule has 0 saturated carbocycles. The molecule has 27 heavy (non-hydrogen) atoms. The highest BCUT2D eigenvalue weighted by Gasteiger charge is 2.15. The monoisotopic (exact) mass is 368 g/mol. The third kappa shape index (κ3) is 5.34. The first-order chi connectivity index (χ1) is 13.0. The van der Waals surface area contributed by atoms with E-state index in [2.05, 4.69) is 0 Å². The minimum Gasteiger partial charge on any atom is -0.493 e. The highest BCUT2D eigenvalue weighted by molar-refractivity contribution is 6.04. The van der Waals surface area contributed by atoms with Crippen molar-refractivity contribution < 1.29 is 19.1 Å². The van der Waals surface area contributed by atoms with Gasteiger partial charge in [0.05, 0.1) is 14.2 Å². The molecule has 2 rings (SSSR count). The van der Waals surface area contributed by atoms with Crippen molar-refractivity contribution in [1.82, 2.24) is 0 Å². The summed E-state index contributed by atoms with van der Waals surface area (Å²) in [6, 6.07) is 12.9. The first kappa shape index (κ1) is 20.0. The number of carbonyl (C=O) groups is 2. The maximum atomic E-state index is 12.8. The molecular formula is C21H24N2O4. The standard InChI is InChI=1S/C21H24N2O4/c1-15-6-4-8-17(14-15)23(13-12-19(22)24)20(25)11-10-16-7-5-9-18(26-2)21(16)27-3/h4-11,14H,12-13H2,1-3H3,(H2,22,24)/b11-10+. The SMILES string of the molecule is COc1cccc(/C=C/C(=O)N(CCC(N)=O)c2cccc(C)c2)c1OC. The van der Waals surface area contributed by atoms with Gasteiger partial charge in [-0.25, -0.2) is 0 Å². The summed E-state index contributed by atoms with van der Waals surface area (Å²) in [5.74, 6) is 0.408. The van der Waals surface area contributed by atoms with Crippen LogP contribution in [0.1, 0.15) is 17.5 Å². The van der Waals surface area contributed by atoms with Crippen LogP contribution >= 0.6 is 0 Å². The maximum Gasteiger partial charge on any atom is 0.251 e. The maximum absolute atomic E-state index is 12.8. The van der Waals surface area contributed by atoms with Crippen LogP contribution in [0, 0.1) is 6.92 Å². The summed E-state index contributed by atoms with van der Waals surface area (Å²) in [4.78, 5) is 25.5. The Morgan fingerprint density at radius 1 is 1.11 bits per heavy atom. The Labute approximate surface area is 159 Å². The van der Waals surface area contributed by atoms with Crippen LogP contribution in [0.15, 0.2) is 48.5 Å². The van der Waals surface area contributed by atoms with Gasteiger partial charge < -0.3 is 20.1 Å². The van der Waals surface area contributed by atoms with Gasteiger partial charge in [0.1, 0.15) is 0 Å². The molecule has 0 aromatic heterocycles. The van der Waals surface area contributed by atoms with Crippen molar-refractivity contribution in [2.75, 3.05) is 25.7 Å². The number of methoxy groups -OCH3 is 2. The molecule has 0 aliphatic rings. The Hall–Kier alpha value is -3.28. The number of para-hydroxylation sites is 1. The van der Waals surface area contributed by atoms with Crippen molar-refractivity contribution in [3.05, 3.63) is 59.7 Å². The van der Waals surface area contributed by atoms with E-state index in [0.29, 0.717) is 22.7 Å². The Kier molecular flexibility index (Phi) is 7.00. The van der Waals surface area contributed by atoms with Crippen molar-refractivity contribution in [2.24, 2.45) is 5.73 Å². The summed E-state index contributed by atoms with van der Waals surface area (Å²) in [6.45, 7) is 2.15. The van der Waals surface area contributed by atoms with E-state index in [9.17, 15) is 9.59 Å². The number of carbonyl (C=O) groups excluding carboxylic acids is 2. The Morgan fingerprint density at radius 3 is 2.48 bits per heavy atom. The molecule has 6 heteroatoms. The van der Waals surface area contributed by atoms with Gasteiger partial charge in [0.25, 0.3) is 5.91 Å². The fraction of sp³-hybridized carbons (Fsp3) is 0.238. The van der Waals surface area contributed by atoms with Crippen molar-refractivity contribution in [1.29, 1.82) is 0 Å². The first-order valence-corrected chi connectivity index (χ1v) is 8.51. The molecule has 2 aromatic rings. The molecule has 0 fully saturated rings. The van der Waals surface area contributed by atoms with Crippen LogP contribution in [-0.4, -0.2) is 32.6 Å². The Morgan fingerprint density at radius 2 is 1.85 bits per heavy atom. The van der Waals surface area contributed by atoms with Crippen LogP contribution in [0.2, 0.25) is 0 Å². The number of nitrogens with zero attached hydrogens (tertiary/aromatic N) is 1. The summed E-state index contributed by atoms with van der Waals surface area (Å²) in [5.41, 5.74) is 7.70. The Balaban J connectivity index is 2.30. The lowest BCUT2D eigenvalue weighted by molar-refractivity contribution is -0.118. The Bertz CT molecular complexity index is 846. The van der Waals surface area contributed by atoms with Gasteiger partial charge in [-0.2, -0.15) is 0 Å². The number of hydrogen-bond donors (Lipinski definition) is 1. The third-order valence-electron chi connectivity index (χ3n) is 4.00. The largest absolute Gasteiger partial charge is 0.493 e. The first-order valence-electron chi connectivity index (χ1n) is 8.51. The van der Waals surface area contributed by atoms with Gasteiger partial charge >= 0.3 is 0 Å². The molecule has 0 aliphatic heterocycles. The molecule has 0 aliphatic carbocycles. The average Bonchev–Trinajstić information content (AvgIpc) is 2.65. The second-order valence-electron chi connectivity index (χ2n) is 5.96. The minimum absolute atomic E-state index is 0.0794. The number of hydrogen-bond acceptors (Lipinski definition) is 4. The lowest BCUT2D eigenvalue weighted by atomic mass is 10.1. The van der Waals surface area contributed by atoms with E-state index < -0.39 is 5.91 Å². The number of nitrogens with two attached hydrogens (primary N) is 1. The molecule has 142 valence electrons. The van der Waals surface area contributed by atoms with Crippen LogP contribution < -0.4 is 20.1 Å². The predicted molar refractivity (Wildman–Crippen MR) is 106 cm³/mol. The quantitative estimate of drug-likeness (QED) is 0.727. The average molecular weight is 368 g/mol. The van der Waals surface area contributed by atoms with E-state index in [1.165, 1.54) is 11.0 Å². The highest BCUT2D eigenvalue weighted by Crippen LogP contribution is 2.31. The molecule has 0 bridgehead atoms. The topological polar surface area (TPSA) is 81.9 Å². The van der Waals surface area contributed by atoms with E-state index in [-0.39, 0.29) is 18.9 Å². The summed E-state index contributed by atoms with van der Waals surface area (Å²) < 4.78 is 10.7. The zero-order valence-electron chi connectivity index (χ0n) is 15.8. The van der Waals surface area contributed by atoms with Crippen LogP contribution in [0.25, 0.3) is 6.08 Å². The van der Waals surface area contributed by atoms with Gasteiger partial charge in [-0.3, -0.25) is 9.59 Å². The highest BCUT2D eigenvalue weighted by atomic mass is 16.5. The number of ether oxygens (including phenoxy) is 2. The van der Waals surface area contributed by atoms with Gasteiger partial charge in [0.2, 0.25) is 5.91 Å². The van der Waals surface area contributed by atoms with E-state index in [1.807, 2.05) is 43.3 Å². The number of anilines is 1. The molecule has 2 amide bonds. The zero-order valence-corrected chi connectivity index (χ0v) is 15.8. The van der Waals surface area contributed by atoms with Gasteiger partial charge in [0.15, 0.2) is 11.5 Å². The van der Waals surface area contributed by atoms with Crippen LogP contribution in [0.4, 0.5) is 5.69 Å². The van der Waals surface area contributed by atoms with Crippen LogP contribution in [0.3, 0.4) is 0 Å². The molecule has 0 unspecified atom stereocenters. The fourth-order valence-electron chi connectivity index (χ4n) is 2.68. The normalized spacial score (nSPS) is 10.6. The molecule has 0 spiro atoms. The number of primary amides is 1. The third-order valence-corrected chi connectivity index (χ3v) is 4.00. The van der Waals surface area contributed by atoms with Crippen molar-refractivity contribution in [2.45, 2.75) is 13.3 Å². The second kappa shape index (κ2) is 9.43. The zero-order chi connectivity index (χ0) is 19.8. The van der Waals surface area contributed by atoms with Gasteiger partial charge in [-0.15, -0.1) is 0 Å². The summed E-state index contributed by atoms with van der Waals surface area (Å²) in [5, 5.41) is 0. The van der Waals surface area contributed by atoms with Gasteiger partial charge in [0, 0.05) is 30.3 Å². The molecule has 6 nitrogen and oxygen atoms in total. The second-order valence-corrected chi connectivity index (χ2v) is 5.96. The number of aryl methyl sites for hydroxylation is 1. The summed E-state index contributed by atoms with van der Waals surface area (Å²) in [6.07, 6.45) is 3.19. The van der Waals surface area contributed by atoms with Crippen molar-refractivity contribution in [3.63, 3.8) is 0 Å². The molecular weight excluding hydrogens is 344 g/mol.